The number of hydrogen-bond acceptors (Lipinski definition) is 1. The summed E-state index contributed by atoms with van der Waals surface area (Å²) in [4.78, 5) is 13.2. The van der Waals surface area contributed by atoms with Gasteiger partial charge in [0.25, 0.3) is 5.91 Å². The minimum atomic E-state index is -0.549. The summed E-state index contributed by atoms with van der Waals surface area (Å²) < 4.78 is 0. The zero-order valence-corrected chi connectivity index (χ0v) is 17.4. The molecule has 0 bridgehead atoms. The Morgan fingerprint density at radius 3 is 1.86 bits per heavy atom. The molecule has 0 heterocycles. The summed E-state index contributed by atoms with van der Waals surface area (Å²) in [6.07, 6.45) is 4.98. The summed E-state index contributed by atoms with van der Waals surface area (Å²) in [6.45, 7) is 6.55. The van der Waals surface area contributed by atoms with Crippen molar-refractivity contribution in [3.05, 3.63) is 114 Å². The Morgan fingerprint density at radius 1 is 0.793 bits per heavy atom. The Balaban J connectivity index is 2.01. The molecule has 0 spiro atoms. The molecular weight excluding hydrogens is 354 g/mol. The maximum Gasteiger partial charge on any atom is 0.252 e. The number of hydrogen-bond donors (Lipinski definition) is 1. The molecule has 3 aromatic carbocycles. The van der Waals surface area contributed by atoms with Gasteiger partial charge in [-0.15, -0.1) is 0 Å². The quantitative estimate of drug-likeness (QED) is 0.520. The number of carbonyl (C=O) groups excluding carboxylic acids is 1. The topological polar surface area (TPSA) is 29.1 Å². The van der Waals surface area contributed by atoms with Crippen molar-refractivity contribution in [3.63, 3.8) is 0 Å². The summed E-state index contributed by atoms with van der Waals surface area (Å²) in [5.41, 5.74) is 2.17. The summed E-state index contributed by atoms with van der Waals surface area (Å²) in [6, 6.07) is 30.0. The van der Waals surface area contributed by atoms with Gasteiger partial charge in [0, 0.05) is 5.56 Å². The van der Waals surface area contributed by atoms with E-state index in [-0.39, 0.29) is 11.3 Å². The molecule has 0 aliphatic carbocycles. The van der Waals surface area contributed by atoms with Crippen LogP contribution in [-0.4, -0.2) is 5.91 Å². The second kappa shape index (κ2) is 8.91. The van der Waals surface area contributed by atoms with Crippen LogP contribution in [0.15, 0.2) is 97.1 Å². The molecule has 0 saturated heterocycles. The van der Waals surface area contributed by atoms with Crippen molar-refractivity contribution >= 4 is 12.0 Å². The maximum absolute atomic E-state index is 13.2. The Bertz CT molecular complexity index is 940. The molecule has 3 aromatic rings. The molecule has 0 saturated carbocycles. The molecule has 0 aromatic heterocycles. The largest absolute Gasteiger partial charge is 0.342 e. The van der Waals surface area contributed by atoms with Crippen LogP contribution >= 0.6 is 0 Å². The van der Waals surface area contributed by atoms with Gasteiger partial charge in [-0.2, -0.15) is 0 Å². The Hall–Kier alpha value is -3.13. The van der Waals surface area contributed by atoms with Gasteiger partial charge in [-0.05, 0) is 35.1 Å². The van der Waals surface area contributed by atoms with E-state index in [9.17, 15) is 4.79 Å². The molecule has 1 amide bonds. The van der Waals surface area contributed by atoms with Crippen LogP contribution in [0.4, 0.5) is 0 Å². The van der Waals surface area contributed by atoms with Crippen molar-refractivity contribution in [1.29, 1.82) is 0 Å². The van der Waals surface area contributed by atoms with Crippen molar-refractivity contribution in [3.8, 4) is 0 Å². The molecule has 148 valence electrons. The van der Waals surface area contributed by atoms with Crippen LogP contribution in [0.2, 0.25) is 0 Å². The lowest BCUT2D eigenvalue weighted by molar-refractivity contribution is 0.0761. The third-order valence-electron chi connectivity index (χ3n) is 5.44. The van der Waals surface area contributed by atoms with Crippen molar-refractivity contribution in [2.45, 2.75) is 32.7 Å². The van der Waals surface area contributed by atoms with Crippen LogP contribution in [0.5, 0.6) is 0 Å². The van der Waals surface area contributed by atoms with Gasteiger partial charge in [-0.1, -0.05) is 112 Å². The average Bonchev–Trinajstić information content (AvgIpc) is 2.74. The molecule has 29 heavy (non-hydrogen) atoms. The highest BCUT2D eigenvalue weighted by Crippen LogP contribution is 2.43. The van der Waals surface area contributed by atoms with Crippen molar-refractivity contribution in [2.24, 2.45) is 5.41 Å². The standard InChI is InChI=1S/C27H29NO/c1-26(2,3)27(24-19-11-6-12-20-24,21-13-16-22-14-7-4-8-15-22)28-25(29)23-17-9-5-10-18-23/h4-20H,21H2,1-3H3,(H,28,29). The molecule has 0 aliphatic heterocycles. The first-order chi connectivity index (χ1) is 13.9. The minimum absolute atomic E-state index is 0.0579. The van der Waals surface area contributed by atoms with Crippen LogP contribution in [-0.2, 0) is 5.54 Å². The maximum atomic E-state index is 13.2. The van der Waals surface area contributed by atoms with Crippen LogP contribution in [0.1, 0.15) is 48.7 Å². The third-order valence-corrected chi connectivity index (χ3v) is 5.44. The molecule has 0 fully saturated rings. The van der Waals surface area contributed by atoms with E-state index >= 15 is 0 Å². The fraction of sp³-hybridized carbons (Fsp3) is 0.222. The smallest absolute Gasteiger partial charge is 0.252 e. The number of amides is 1. The monoisotopic (exact) mass is 383 g/mol. The highest BCUT2D eigenvalue weighted by Gasteiger charge is 2.43. The van der Waals surface area contributed by atoms with E-state index in [1.807, 2.05) is 66.7 Å². The highest BCUT2D eigenvalue weighted by molar-refractivity contribution is 5.94. The van der Waals surface area contributed by atoms with Gasteiger partial charge in [-0.25, -0.2) is 0 Å². The van der Waals surface area contributed by atoms with E-state index < -0.39 is 5.54 Å². The fourth-order valence-electron chi connectivity index (χ4n) is 3.68. The third kappa shape index (κ3) is 4.83. The summed E-state index contributed by atoms with van der Waals surface area (Å²) >= 11 is 0. The minimum Gasteiger partial charge on any atom is -0.342 e. The molecule has 1 unspecified atom stereocenters. The van der Waals surface area contributed by atoms with Gasteiger partial charge in [0.15, 0.2) is 0 Å². The molecule has 1 N–H and O–H groups in total. The first kappa shape index (κ1) is 20.6. The van der Waals surface area contributed by atoms with Crippen LogP contribution < -0.4 is 5.32 Å². The molecule has 3 rings (SSSR count). The zero-order valence-electron chi connectivity index (χ0n) is 17.4. The molecule has 0 radical (unpaired) electrons. The molecule has 0 aliphatic rings. The van der Waals surface area contributed by atoms with Gasteiger partial charge in [-0.3, -0.25) is 4.79 Å². The summed E-state index contributed by atoms with van der Waals surface area (Å²) in [7, 11) is 0. The van der Waals surface area contributed by atoms with E-state index in [1.54, 1.807) is 0 Å². The summed E-state index contributed by atoms with van der Waals surface area (Å²) in [5, 5.41) is 3.40. The Labute approximate surface area is 174 Å². The van der Waals surface area contributed by atoms with E-state index in [2.05, 4.69) is 62.5 Å². The molecular formula is C27H29NO. The average molecular weight is 384 g/mol. The van der Waals surface area contributed by atoms with Gasteiger partial charge >= 0.3 is 0 Å². The first-order valence-electron chi connectivity index (χ1n) is 10.1. The molecule has 2 heteroatoms. The zero-order chi connectivity index (χ0) is 20.7. The second-order valence-electron chi connectivity index (χ2n) is 8.36. The molecule has 2 nitrogen and oxygen atoms in total. The Morgan fingerprint density at radius 2 is 1.31 bits per heavy atom. The predicted molar refractivity (Wildman–Crippen MR) is 122 cm³/mol. The lowest BCUT2D eigenvalue weighted by Crippen LogP contribution is -2.54. The van der Waals surface area contributed by atoms with E-state index in [0.717, 1.165) is 11.1 Å². The highest BCUT2D eigenvalue weighted by atomic mass is 16.1. The van der Waals surface area contributed by atoms with Crippen molar-refractivity contribution in [2.75, 3.05) is 0 Å². The van der Waals surface area contributed by atoms with E-state index in [0.29, 0.717) is 12.0 Å². The van der Waals surface area contributed by atoms with Crippen LogP contribution in [0, 0.1) is 5.41 Å². The summed E-state index contributed by atoms with van der Waals surface area (Å²) in [5.74, 6) is -0.0579. The van der Waals surface area contributed by atoms with E-state index in [4.69, 9.17) is 0 Å². The number of nitrogens with one attached hydrogen (secondary N) is 1. The molecule has 1 atom stereocenters. The van der Waals surface area contributed by atoms with Gasteiger partial charge < -0.3 is 5.32 Å². The van der Waals surface area contributed by atoms with Crippen LogP contribution in [0.3, 0.4) is 0 Å². The SMILES string of the molecule is CC(C)(C)C(CC=Cc1ccccc1)(NC(=O)c1ccccc1)c1ccccc1. The number of benzene rings is 3. The first-order valence-corrected chi connectivity index (χ1v) is 10.1. The second-order valence-corrected chi connectivity index (χ2v) is 8.36. The van der Waals surface area contributed by atoms with Crippen molar-refractivity contribution < 1.29 is 4.79 Å². The van der Waals surface area contributed by atoms with Crippen LogP contribution in [0.25, 0.3) is 6.08 Å². The lowest BCUT2D eigenvalue weighted by Gasteiger charge is -2.46. The normalized spacial score (nSPS) is 13.8. The lowest BCUT2D eigenvalue weighted by atomic mass is 9.67. The van der Waals surface area contributed by atoms with Gasteiger partial charge in [0.2, 0.25) is 0 Å². The predicted octanol–water partition coefficient (Wildman–Crippen LogP) is 6.46. The van der Waals surface area contributed by atoms with Crippen molar-refractivity contribution in [1.82, 2.24) is 5.32 Å². The fourth-order valence-corrected chi connectivity index (χ4v) is 3.68. The Kier molecular flexibility index (Phi) is 6.33. The van der Waals surface area contributed by atoms with Gasteiger partial charge in [0.1, 0.15) is 0 Å². The number of rotatable bonds is 6. The number of carbonyl (C=O) groups is 1. The van der Waals surface area contributed by atoms with Gasteiger partial charge in [0.05, 0.1) is 5.54 Å². The van der Waals surface area contributed by atoms with E-state index in [1.165, 1.54) is 0 Å².